The van der Waals surface area contributed by atoms with Gasteiger partial charge in [0, 0.05) is 18.8 Å². The number of hydrogen-bond acceptors (Lipinski definition) is 4. The van der Waals surface area contributed by atoms with Crippen LogP contribution in [0.5, 0.6) is 0 Å². The van der Waals surface area contributed by atoms with Crippen LogP contribution in [0.4, 0.5) is 5.69 Å². The summed E-state index contributed by atoms with van der Waals surface area (Å²) in [4.78, 5) is 0.386. The molecule has 5 nitrogen and oxygen atoms in total. The molecule has 0 spiro atoms. The number of piperidine rings is 1. The molecule has 3 rings (SSSR count). The Morgan fingerprint density at radius 2 is 1.71 bits per heavy atom. The van der Waals surface area contributed by atoms with Crippen molar-refractivity contribution < 1.29 is 8.42 Å². The molecule has 1 N–H and O–H groups in total. The van der Waals surface area contributed by atoms with Crippen LogP contribution in [0.3, 0.4) is 0 Å². The fraction of sp³-hybridized carbons (Fsp3) is 0.467. The minimum absolute atomic E-state index is 0.386. The van der Waals surface area contributed by atoms with Crippen molar-refractivity contribution in [3.8, 4) is 0 Å². The molecule has 1 saturated heterocycles. The van der Waals surface area contributed by atoms with Crippen molar-refractivity contribution >= 4 is 15.7 Å². The quantitative estimate of drug-likeness (QED) is 0.929. The van der Waals surface area contributed by atoms with Crippen LogP contribution >= 0.6 is 0 Å². The van der Waals surface area contributed by atoms with Crippen LogP contribution < -0.4 is 10.4 Å². The van der Waals surface area contributed by atoms with Crippen molar-refractivity contribution in [2.45, 2.75) is 31.1 Å². The standard InChI is InChI=1S/C15H21N3O2S/c1-13-9-12-18(16-13)14-5-7-15(8-6-14)21(19,20)17-10-3-2-4-11-17/h5-9,16H,2-4,10-12H2,1H3. The van der Waals surface area contributed by atoms with Gasteiger partial charge < -0.3 is 5.43 Å². The van der Waals surface area contributed by atoms with E-state index in [1.165, 1.54) is 0 Å². The van der Waals surface area contributed by atoms with E-state index >= 15 is 0 Å². The maximum Gasteiger partial charge on any atom is 0.243 e. The van der Waals surface area contributed by atoms with Gasteiger partial charge in [-0.3, -0.25) is 5.01 Å². The molecule has 0 radical (unpaired) electrons. The molecule has 0 aromatic heterocycles. The average molecular weight is 307 g/mol. The highest BCUT2D eigenvalue weighted by atomic mass is 32.2. The topological polar surface area (TPSA) is 52.7 Å². The summed E-state index contributed by atoms with van der Waals surface area (Å²) in [6.07, 6.45) is 5.14. The number of hydrazine groups is 1. The third-order valence-corrected chi connectivity index (χ3v) is 5.91. The number of rotatable bonds is 3. The number of benzene rings is 1. The first-order chi connectivity index (χ1) is 10.1. The Kier molecular flexibility index (Phi) is 3.91. The van der Waals surface area contributed by atoms with E-state index in [0.29, 0.717) is 18.0 Å². The lowest BCUT2D eigenvalue weighted by atomic mass is 10.2. The van der Waals surface area contributed by atoms with Crippen LogP contribution in [-0.4, -0.2) is 32.4 Å². The second-order valence-corrected chi connectivity index (χ2v) is 7.51. The highest BCUT2D eigenvalue weighted by molar-refractivity contribution is 7.89. The van der Waals surface area contributed by atoms with E-state index < -0.39 is 10.0 Å². The molecular weight excluding hydrogens is 286 g/mol. The number of anilines is 1. The highest BCUT2D eigenvalue weighted by Gasteiger charge is 2.25. The summed E-state index contributed by atoms with van der Waals surface area (Å²) in [7, 11) is -3.33. The van der Waals surface area contributed by atoms with Crippen molar-refractivity contribution in [3.63, 3.8) is 0 Å². The van der Waals surface area contributed by atoms with Crippen molar-refractivity contribution in [2.24, 2.45) is 0 Å². The predicted molar refractivity (Wildman–Crippen MR) is 83.3 cm³/mol. The molecule has 0 amide bonds. The monoisotopic (exact) mass is 307 g/mol. The Balaban J connectivity index is 1.77. The van der Waals surface area contributed by atoms with E-state index in [2.05, 4.69) is 11.5 Å². The molecule has 0 bridgehead atoms. The number of sulfonamides is 1. The molecule has 0 unspecified atom stereocenters. The van der Waals surface area contributed by atoms with Crippen molar-refractivity contribution in [1.82, 2.24) is 9.73 Å². The van der Waals surface area contributed by atoms with Gasteiger partial charge in [0.2, 0.25) is 10.0 Å². The molecule has 0 saturated carbocycles. The summed E-state index contributed by atoms with van der Waals surface area (Å²) in [5.41, 5.74) is 5.31. The number of hydrogen-bond donors (Lipinski definition) is 1. The van der Waals surface area contributed by atoms with E-state index in [9.17, 15) is 8.42 Å². The zero-order valence-electron chi connectivity index (χ0n) is 12.2. The van der Waals surface area contributed by atoms with E-state index in [4.69, 9.17) is 0 Å². The third kappa shape index (κ3) is 2.91. The van der Waals surface area contributed by atoms with Gasteiger partial charge >= 0.3 is 0 Å². The smallest absolute Gasteiger partial charge is 0.243 e. The minimum Gasteiger partial charge on any atom is -0.303 e. The zero-order valence-corrected chi connectivity index (χ0v) is 13.1. The lowest BCUT2D eigenvalue weighted by Gasteiger charge is -2.26. The van der Waals surface area contributed by atoms with Crippen LogP contribution in [0.15, 0.2) is 40.9 Å². The van der Waals surface area contributed by atoms with E-state index in [-0.39, 0.29) is 0 Å². The first kappa shape index (κ1) is 14.4. The summed E-state index contributed by atoms with van der Waals surface area (Å²) in [5, 5.41) is 1.99. The van der Waals surface area contributed by atoms with Gasteiger partial charge in [-0.15, -0.1) is 0 Å². The summed E-state index contributed by atoms with van der Waals surface area (Å²) >= 11 is 0. The van der Waals surface area contributed by atoms with E-state index in [1.807, 2.05) is 24.1 Å². The van der Waals surface area contributed by atoms with Crippen LogP contribution in [0.1, 0.15) is 26.2 Å². The average Bonchev–Trinajstić information content (AvgIpc) is 2.95. The van der Waals surface area contributed by atoms with Crippen molar-refractivity contribution in [2.75, 3.05) is 24.6 Å². The van der Waals surface area contributed by atoms with E-state index in [0.717, 1.165) is 37.2 Å². The van der Waals surface area contributed by atoms with Crippen LogP contribution in [-0.2, 0) is 10.0 Å². The first-order valence-electron chi connectivity index (χ1n) is 7.38. The van der Waals surface area contributed by atoms with Crippen LogP contribution in [0.25, 0.3) is 0 Å². The molecule has 21 heavy (non-hydrogen) atoms. The Morgan fingerprint density at radius 3 is 2.29 bits per heavy atom. The van der Waals surface area contributed by atoms with Crippen LogP contribution in [0.2, 0.25) is 0 Å². The van der Waals surface area contributed by atoms with Gasteiger partial charge in [-0.2, -0.15) is 4.31 Å². The van der Waals surface area contributed by atoms with Gasteiger partial charge in [0.1, 0.15) is 0 Å². The number of allylic oxidation sites excluding steroid dienone is 1. The normalized spacial score (nSPS) is 20.2. The first-order valence-corrected chi connectivity index (χ1v) is 8.82. The molecule has 2 heterocycles. The fourth-order valence-electron chi connectivity index (χ4n) is 2.75. The molecule has 1 aromatic carbocycles. The zero-order chi connectivity index (χ0) is 14.9. The summed E-state index contributed by atoms with van der Waals surface area (Å²) in [6, 6.07) is 7.12. The maximum absolute atomic E-state index is 12.6. The van der Waals surface area contributed by atoms with Gasteiger partial charge in [-0.1, -0.05) is 6.42 Å². The summed E-state index contributed by atoms with van der Waals surface area (Å²) in [5.74, 6) is 0. The van der Waals surface area contributed by atoms with Crippen LogP contribution in [0, 0.1) is 0 Å². The van der Waals surface area contributed by atoms with Gasteiger partial charge in [-0.05, 0) is 50.1 Å². The summed E-state index contributed by atoms with van der Waals surface area (Å²) < 4.78 is 26.7. The molecule has 1 aromatic rings. The maximum atomic E-state index is 12.6. The highest BCUT2D eigenvalue weighted by Crippen LogP contribution is 2.23. The van der Waals surface area contributed by atoms with Crippen molar-refractivity contribution in [1.29, 1.82) is 0 Å². The molecule has 2 aliphatic heterocycles. The van der Waals surface area contributed by atoms with Gasteiger partial charge in [0.25, 0.3) is 0 Å². The Hall–Kier alpha value is -1.53. The lowest BCUT2D eigenvalue weighted by Crippen LogP contribution is -2.35. The Labute approximate surface area is 126 Å². The second-order valence-electron chi connectivity index (χ2n) is 5.57. The summed E-state index contributed by atoms with van der Waals surface area (Å²) in [6.45, 7) is 4.08. The molecule has 1 fully saturated rings. The molecule has 114 valence electrons. The lowest BCUT2D eigenvalue weighted by molar-refractivity contribution is 0.346. The second kappa shape index (κ2) is 5.69. The number of nitrogens with zero attached hydrogens (tertiary/aromatic N) is 2. The molecule has 6 heteroatoms. The third-order valence-electron chi connectivity index (χ3n) is 3.99. The SMILES string of the molecule is CC1=CCN(c2ccc(S(=O)(=O)N3CCCCC3)cc2)N1. The molecule has 0 atom stereocenters. The molecule has 2 aliphatic rings. The van der Waals surface area contributed by atoms with Gasteiger partial charge in [0.15, 0.2) is 0 Å². The molecular formula is C15H21N3O2S. The van der Waals surface area contributed by atoms with Gasteiger partial charge in [-0.25, -0.2) is 8.42 Å². The fourth-order valence-corrected chi connectivity index (χ4v) is 4.27. The number of nitrogens with one attached hydrogen (secondary N) is 1. The largest absolute Gasteiger partial charge is 0.303 e. The Bertz CT molecular complexity index is 631. The minimum atomic E-state index is -3.33. The Morgan fingerprint density at radius 1 is 1.05 bits per heavy atom. The predicted octanol–water partition coefficient (Wildman–Crippen LogP) is 2.09. The van der Waals surface area contributed by atoms with Gasteiger partial charge in [0.05, 0.1) is 17.1 Å². The molecule has 0 aliphatic carbocycles. The van der Waals surface area contributed by atoms with Crippen molar-refractivity contribution in [3.05, 3.63) is 36.0 Å². The van der Waals surface area contributed by atoms with E-state index in [1.54, 1.807) is 16.4 Å².